The van der Waals surface area contributed by atoms with Gasteiger partial charge in [0.15, 0.2) is 0 Å². The van der Waals surface area contributed by atoms with E-state index >= 15 is 0 Å². The first-order chi connectivity index (χ1) is 9.54. The second-order valence-electron chi connectivity index (χ2n) is 5.64. The summed E-state index contributed by atoms with van der Waals surface area (Å²) in [7, 11) is 1.72. The first-order valence-electron chi connectivity index (χ1n) is 7.40. The molecule has 0 saturated heterocycles. The van der Waals surface area contributed by atoms with E-state index in [1.165, 1.54) is 0 Å². The van der Waals surface area contributed by atoms with E-state index in [1.54, 1.807) is 7.11 Å². The summed E-state index contributed by atoms with van der Waals surface area (Å²) >= 11 is 0. The minimum absolute atomic E-state index is 0.269. The molecule has 0 saturated carbocycles. The van der Waals surface area contributed by atoms with Crippen molar-refractivity contribution < 1.29 is 9.47 Å². The maximum atomic E-state index is 5.60. The van der Waals surface area contributed by atoms with Gasteiger partial charge in [-0.25, -0.2) is 4.98 Å². The summed E-state index contributed by atoms with van der Waals surface area (Å²) in [6.45, 7) is 11.5. The lowest BCUT2D eigenvalue weighted by Gasteiger charge is -2.16. The molecule has 1 rings (SSSR count). The minimum atomic E-state index is 0.269. The maximum Gasteiger partial charge on any atom is 0.203 e. The molecule has 0 aliphatic rings. The van der Waals surface area contributed by atoms with Crippen LogP contribution in [0.4, 0.5) is 5.95 Å². The third-order valence-corrected chi connectivity index (χ3v) is 3.10. The third-order valence-electron chi connectivity index (χ3n) is 3.10. The van der Waals surface area contributed by atoms with Crippen LogP contribution in [0, 0.1) is 12.8 Å². The fraction of sp³-hybridized carbons (Fsp3) is 0.800. The number of ether oxygens (including phenoxy) is 2. The van der Waals surface area contributed by atoms with Gasteiger partial charge >= 0.3 is 0 Å². The molecule has 5 nitrogen and oxygen atoms in total. The lowest BCUT2D eigenvalue weighted by atomic mass is 10.1. The van der Waals surface area contributed by atoms with Gasteiger partial charge in [0.2, 0.25) is 5.95 Å². The summed E-state index contributed by atoms with van der Waals surface area (Å²) < 4.78 is 12.9. The van der Waals surface area contributed by atoms with Crippen molar-refractivity contribution in [3.05, 3.63) is 11.9 Å². The van der Waals surface area contributed by atoms with Gasteiger partial charge in [-0.1, -0.05) is 13.8 Å². The Balaban J connectivity index is 2.36. The molecule has 0 fully saturated rings. The molecule has 0 spiro atoms. The van der Waals surface area contributed by atoms with Crippen molar-refractivity contribution in [1.82, 2.24) is 9.55 Å². The number of aryl methyl sites for hydroxylation is 1. The van der Waals surface area contributed by atoms with E-state index in [2.05, 4.69) is 35.6 Å². The Kier molecular flexibility index (Phi) is 7.62. The van der Waals surface area contributed by atoms with Gasteiger partial charge in [-0.2, -0.15) is 0 Å². The van der Waals surface area contributed by atoms with Crippen LogP contribution in [0.3, 0.4) is 0 Å². The van der Waals surface area contributed by atoms with Gasteiger partial charge in [0.25, 0.3) is 0 Å². The van der Waals surface area contributed by atoms with E-state index in [4.69, 9.17) is 9.47 Å². The van der Waals surface area contributed by atoms with Gasteiger partial charge in [-0.3, -0.25) is 0 Å². The quantitative estimate of drug-likeness (QED) is 0.671. The van der Waals surface area contributed by atoms with E-state index in [0.717, 1.165) is 31.2 Å². The normalized spacial score (nSPS) is 12.9. The Morgan fingerprint density at radius 3 is 2.70 bits per heavy atom. The Morgan fingerprint density at radius 2 is 2.05 bits per heavy atom. The summed E-state index contributed by atoms with van der Waals surface area (Å²) in [4.78, 5) is 4.50. The van der Waals surface area contributed by atoms with Crippen molar-refractivity contribution in [2.75, 3.05) is 38.8 Å². The van der Waals surface area contributed by atoms with E-state index < -0.39 is 0 Å². The zero-order chi connectivity index (χ0) is 15.0. The highest BCUT2D eigenvalue weighted by Gasteiger charge is 2.11. The molecule has 1 aromatic rings. The van der Waals surface area contributed by atoms with Crippen LogP contribution in [-0.4, -0.2) is 43.0 Å². The van der Waals surface area contributed by atoms with Crippen molar-refractivity contribution in [2.24, 2.45) is 5.92 Å². The van der Waals surface area contributed by atoms with Crippen LogP contribution >= 0.6 is 0 Å². The molecule has 0 bridgehead atoms. The molecule has 0 aliphatic carbocycles. The zero-order valence-corrected chi connectivity index (χ0v) is 13.5. The lowest BCUT2D eigenvalue weighted by molar-refractivity contribution is 0.132. The van der Waals surface area contributed by atoms with Crippen molar-refractivity contribution in [3.8, 4) is 0 Å². The van der Waals surface area contributed by atoms with Crippen molar-refractivity contribution >= 4 is 5.95 Å². The largest absolute Gasteiger partial charge is 0.383 e. The number of nitrogens with one attached hydrogen (secondary N) is 1. The SMILES string of the molecule is COCC(C)n1cc(C)nc1NCCOCCC(C)C. The van der Waals surface area contributed by atoms with E-state index in [-0.39, 0.29) is 6.04 Å². The van der Waals surface area contributed by atoms with Crippen LogP contribution < -0.4 is 5.32 Å². The number of imidazole rings is 1. The van der Waals surface area contributed by atoms with Crippen LogP contribution in [0.1, 0.15) is 38.9 Å². The number of nitrogens with zero attached hydrogens (tertiary/aromatic N) is 2. The van der Waals surface area contributed by atoms with E-state index in [9.17, 15) is 0 Å². The third kappa shape index (κ3) is 5.92. The first-order valence-corrected chi connectivity index (χ1v) is 7.40. The Morgan fingerprint density at radius 1 is 1.30 bits per heavy atom. The number of methoxy groups -OCH3 is 1. The summed E-state index contributed by atoms with van der Waals surface area (Å²) in [5.74, 6) is 1.58. The first kappa shape index (κ1) is 17.0. The molecule has 0 radical (unpaired) electrons. The van der Waals surface area contributed by atoms with Gasteiger partial charge in [-0.15, -0.1) is 0 Å². The number of rotatable bonds is 10. The van der Waals surface area contributed by atoms with Gasteiger partial charge in [0, 0.05) is 26.5 Å². The molecule has 0 aromatic carbocycles. The van der Waals surface area contributed by atoms with Gasteiger partial charge in [0.05, 0.1) is 24.9 Å². The molecule has 20 heavy (non-hydrogen) atoms. The Hall–Kier alpha value is -1.07. The Labute approximate surface area is 122 Å². The monoisotopic (exact) mass is 283 g/mol. The van der Waals surface area contributed by atoms with E-state index in [1.807, 2.05) is 13.1 Å². The zero-order valence-electron chi connectivity index (χ0n) is 13.5. The fourth-order valence-electron chi connectivity index (χ4n) is 1.96. The number of aromatic nitrogens is 2. The Bertz CT molecular complexity index is 377. The van der Waals surface area contributed by atoms with Gasteiger partial charge in [-0.05, 0) is 26.2 Å². The second-order valence-corrected chi connectivity index (χ2v) is 5.64. The molecule has 1 heterocycles. The molecule has 0 aliphatic heterocycles. The van der Waals surface area contributed by atoms with Crippen LogP contribution in [0.25, 0.3) is 0 Å². The highest BCUT2D eigenvalue weighted by atomic mass is 16.5. The highest BCUT2D eigenvalue weighted by molar-refractivity contribution is 5.29. The highest BCUT2D eigenvalue weighted by Crippen LogP contribution is 2.15. The molecular formula is C15H29N3O2. The number of hydrogen-bond acceptors (Lipinski definition) is 4. The summed E-state index contributed by atoms with van der Waals surface area (Å²) in [5.41, 5.74) is 1.01. The van der Waals surface area contributed by atoms with Crippen molar-refractivity contribution in [3.63, 3.8) is 0 Å². The molecule has 116 valence electrons. The van der Waals surface area contributed by atoms with Crippen LogP contribution in [-0.2, 0) is 9.47 Å². The topological polar surface area (TPSA) is 48.3 Å². The average Bonchev–Trinajstić information content (AvgIpc) is 2.75. The smallest absolute Gasteiger partial charge is 0.203 e. The van der Waals surface area contributed by atoms with Gasteiger partial charge in [0.1, 0.15) is 0 Å². The maximum absolute atomic E-state index is 5.60. The van der Waals surface area contributed by atoms with Crippen LogP contribution in [0.15, 0.2) is 6.20 Å². The standard InChI is InChI=1S/C15H29N3O2/c1-12(2)6-8-20-9-7-16-15-17-13(3)10-18(15)14(4)11-19-5/h10,12,14H,6-9,11H2,1-5H3,(H,16,17). The predicted octanol–water partition coefficient (Wildman–Crippen LogP) is 2.87. The minimum Gasteiger partial charge on any atom is -0.383 e. The molecule has 1 unspecified atom stereocenters. The van der Waals surface area contributed by atoms with Crippen molar-refractivity contribution in [2.45, 2.75) is 40.2 Å². The average molecular weight is 283 g/mol. The van der Waals surface area contributed by atoms with Gasteiger partial charge < -0.3 is 19.4 Å². The van der Waals surface area contributed by atoms with Crippen LogP contribution in [0.2, 0.25) is 0 Å². The van der Waals surface area contributed by atoms with E-state index in [0.29, 0.717) is 19.1 Å². The van der Waals surface area contributed by atoms with Crippen molar-refractivity contribution in [1.29, 1.82) is 0 Å². The number of hydrogen-bond donors (Lipinski definition) is 1. The molecule has 1 N–H and O–H groups in total. The molecule has 1 atom stereocenters. The second kappa shape index (κ2) is 8.97. The predicted molar refractivity (Wildman–Crippen MR) is 82.3 cm³/mol. The fourth-order valence-corrected chi connectivity index (χ4v) is 1.96. The molecule has 5 heteroatoms. The van der Waals surface area contributed by atoms with Crippen LogP contribution in [0.5, 0.6) is 0 Å². The molecular weight excluding hydrogens is 254 g/mol. The number of anilines is 1. The summed E-state index contributed by atoms with van der Waals surface area (Å²) in [5, 5.41) is 3.33. The molecule has 0 amide bonds. The lowest BCUT2D eigenvalue weighted by Crippen LogP contribution is -2.17. The summed E-state index contributed by atoms with van der Waals surface area (Å²) in [6, 6.07) is 0.269. The summed E-state index contributed by atoms with van der Waals surface area (Å²) in [6.07, 6.45) is 3.16. The molecule has 1 aromatic heterocycles.